The van der Waals surface area contributed by atoms with E-state index < -0.39 is 40.8 Å². The number of carbonyl (C=O) groups is 1. The van der Waals surface area contributed by atoms with Crippen LogP contribution in [0.1, 0.15) is 23.2 Å². The quantitative estimate of drug-likeness (QED) is 0.466. The molecule has 19 heavy (non-hydrogen) atoms. The minimum Gasteiger partial charge on any atom is -0.469 e. The molecule has 0 aliphatic heterocycles. The van der Waals surface area contributed by atoms with Gasteiger partial charge in [-0.05, 0) is 9.91 Å². The number of halogens is 2. The van der Waals surface area contributed by atoms with E-state index in [1.165, 1.54) is 6.07 Å². The second-order valence-corrected chi connectivity index (χ2v) is 3.32. The normalized spacial score (nSPS) is 10.1. The largest absolute Gasteiger partial charge is 0.469 e. The second-order valence-electron chi connectivity index (χ2n) is 3.32. The van der Waals surface area contributed by atoms with Crippen LogP contribution >= 0.6 is 0 Å². The number of ether oxygens (including phenoxy) is 1. The zero-order valence-corrected chi connectivity index (χ0v) is 9.59. The molecule has 9 heteroatoms. The van der Waals surface area contributed by atoms with Gasteiger partial charge in [-0.15, -0.1) is 0 Å². The molecule has 1 aromatic heterocycles. The third-order valence-electron chi connectivity index (χ3n) is 2.19. The molecule has 0 N–H and O–H groups in total. The summed E-state index contributed by atoms with van der Waals surface area (Å²) >= 11 is 0. The molecule has 1 aromatic rings. The highest BCUT2D eigenvalue weighted by Crippen LogP contribution is 2.26. The van der Waals surface area contributed by atoms with Crippen molar-refractivity contribution in [3.05, 3.63) is 33.0 Å². The van der Waals surface area contributed by atoms with Gasteiger partial charge < -0.3 is 14.9 Å². The SMILES string of the molecule is COC(=O)Cc1c(C#N)cc(C(F)F)nc1[N+](=O)[O-]. The molecule has 1 rings (SSSR count). The van der Waals surface area contributed by atoms with Crippen molar-refractivity contribution in [2.24, 2.45) is 0 Å². The number of pyridine rings is 1. The molecule has 0 aromatic carbocycles. The average Bonchev–Trinajstić information content (AvgIpc) is 2.37. The smallest absolute Gasteiger partial charge is 0.369 e. The first-order valence-electron chi connectivity index (χ1n) is 4.84. The first-order valence-corrected chi connectivity index (χ1v) is 4.84. The van der Waals surface area contributed by atoms with E-state index in [1.807, 2.05) is 0 Å². The highest BCUT2D eigenvalue weighted by Gasteiger charge is 2.28. The fraction of sp³-hybridized carbons (Fsp3) is 0.300. The topological polar surface area (TPSA) is 106 Å². The van der Waals surface area contributed by atoms with Crippen molar-refractivity contribution in [3.8, 4) is 6.07 Å². The summed E-state index contributed by atoms with van der Waals surface area (Å²) in [4.78, 5) is 24.0. The zero-order chi connectivity index (χ0) is 14.6. The maximum Gasteiger partial charge on any atom is 0.369 e. The molecular formula is C10H7F2N3O4. The molecule has 1 heterocycles. The summed E-state index contributed by atoms with van der Waals surface area (Å²) in [6.45, 7) is 0. The van der Waals surface area contributed by atoms with Gasteiger partial charge in [0.25, 0.3) is 0 Å². The Morgan fingerprint density at radius 1 is 1.68 bits per heavy atom. The minimum absolute atomic E-state index is 0.344. The molecule has 0 spiro atoms. The number of rotatable bonds is 4. The van der Waals surface area contributed by atoms with E-state index in [4.69, 9.17) is 5.26 Å². The fourth-order valence-electron chi connectivity index (χ4n) is 1.33. The lowest BCUT2D eigenvalue weighted by atomic mass is 10.1. The predicted molar refractivity (Wildman–Crippen MR) is 56.3 cm³/mol. The average molecular weight is 271 g/mol. The lowest BCUT2D eigenvalue weighted by Crippen LogP contribution is -2.11. The highest BCUT2D eigenvalue weighted by atomic mass is 19.3. The van der Waals surface area contributed by atoms with Crippen LogP contribution in [0.4, 0.5) is 14.6 Å². The monoisotopic (exact) mass is 271 g/mol. The van der Waals surface area contributed by atoms with Crippen molar-refractivity contribution in [3.63, 3.8) is 0 Å². The molecule has 0 aliphatic rings. The third kappa shape index (κ3) is 3.19. The molecule has 100 valence electrons. The standard InChI is InChI=1S/C10H7F2N3O4/c1-19-8(16)3-6-5(4-13)2-7(9(11)12)14-10(6)15(17)18/h2,9H,3H2,1H3. The van der Waals surface area contributed by atoms with Gasteiger partial charge in [-0.2, -0.15) is 5.26 Å². The van der Waals surface area contributed by atoms with Gasteiger partial charge in [-0.3, -0.25) is 4.79 Å². The Balaban J connectivity index is 3.46. The number of methoxy groups -OCH3 is 1. The van der Waals surface area contributed by atoms with Crippen LogP contribution in [0.3, 0.4) is 0 Å². The predicted octanol–water partition coefficient (Wildman–Crippen LogP) is 1.51. The van der Waals surface area contributed by atoms with Gasteiger partial charge in [-0.25, -0.2) is 8.78 Å². The number of alkyl halides is 2. The summed E-state index contributed by atoms with van der Waals surface area (Å²) < 4.78 is 29.3. The molecule has 0 unspecified atom stereocenters. The summed E-state index contributed by atoms with van der Waals surface area (Å²) in [6, 6.07) is 2.25. The number of nitriles is 1. The Bertz CT molecular complexity index is 569. The van der Waals surface area contributed by atoms with Gasteiger partial charge in [0.2, 0.25) is 5.69 Å². The number of hydrogen-bond acceptors (Lipinski definition) is 6. The van der Waals surface area contributed by atoms with Crippen LogP contribution in [-0.2, 0) is 16.0 Å². The Kier molecular flexibility index (Phi) is 4.41. The summed E-state index contributed by atoms with van der Waals surface area (Å²) in [5.41, 5.74) is -1.64. The van der Waals surface area contributed by atoms with Crippen molar-refractivity contribution < 1.29 is 23.2 Å². The molecule has 7 nitrogen and oxygen atoms in total. The number of esters is 1. The van der Waals surface area contributed by atoms with Gasteiger partial charge >= 0.3 is 18.2 Å². The van der Waals surface area contributed by atoms with Crippen LogP contribution in [0.25, 0.3) is 0 Å². The third-order valence-corrected chi connectivity index (χ3v) is 2.19. The van der Waals surface area contributed by atoms with Crippen molar-refractivity contribution in [2.45, 2.75) is 12.8 Å². The Labute approximate surface area is 105 Å². The van der Waals surface area contributed by atoms with Gasteiger partial charge in [-0.1, -0.05) is 0 Å². The maximum absolute atomic E-state index is 12.5. The number of nitro groups is 1. The van der Waals surface area contributed by atoms with Crippen LogP contribution in [0.15, 0.2) is 6.07 Å². The van der Waals surface area contributed by atoms with E-state index in [2.05, 4.69) is 9.72 Å². The molecule has 0 atom stereocenters. The van der Waals surface area contributed by atoms with Gasteiger partial charge in [0.1, 0.15) is 0 Å². The Morgan fingerprint density at radius 2 is 2.32 bits per heavy atom. The van der Waals surface area contributed by atoms with Crippen LogP contribution in [0.2, 0.25) is 0 Å². The Morgan fingerprint density at radius 3 is 2.74 bits per heavy atom. The summed E-state index contributed by atoms with van der Waals surface area (Å²) in [7, 11) is 1.06. The lowest BCUT2D eigenvalue weighted by molar-refractivity contribution is -0.390. The minimum atomic E-state index is -3.06. The van der Waals surface area contributed by atoms with E-state index in [0.717, 1.165) is 13.2 Å². The van der Waals surface area contributed by atoms with E-state index in [-0.39, 0.29) is 5.56 Å². The van der Waals surface area contributed by atoms with Crippen LogP contribution in [0, 0.1) is 21.4 Å². The molecular weight excluding hydrogens is 264 g/mol. The van der Waals surface area contributed by atoms with Crippen LogP contribution in [-0.4, -0.2) is 23.0 Å². The lowest BCUT2D eigenvalue weighted by Gasteiger charge is -2.05. The molecule has 0 bridgehead atoms. The number of aromatic nitrogens is 1. The molecule has 0 aliphatic carbocycles. The molecule has 0 saturated heterocycles. The number of nitrogens with zero attached hydrogens (tertiary/aromatic N) is 3. The maximum atomic E-state index is 12.5. The van der Waals surface area contributed by atoms with Gasteiger partial charge in [0.15, 0.2) is 0 Å². The van der Waals surface area contributed by atoms with Crippen LogP contribution in [0.5, 0.6) is 0 Å². The van der Waals surface area contributed by atoms with Crippen molar-refractivity contribution in [1.29, 1.82) is 5.26 Å². The van der Waals surface area contributed by atoms with E-state index in [1.54, 1.807) is 0 Å². The highest BCUT2D eigenvalue weighted by molar-refractivity contribution is 5.75. The number of hydrogen-bond donors (Lipinski definition) is 0. The first-order chi connectivity index (χ1) is 8.90. The van der Waals surface area contributed by atoms with Crippen molar-refractivity contribution >= 4 is 11.8 Å². The molecule has 0 amide bonds. The summed E-state index contributed by atoms with van der Waals surface area (Å²) in [5, 5.41) is 19.6. The molecule has 0 radical (unpaired) electrons. The van der Waals surface area contributed by atoms with E-state index in [9.17, 15) is 23.7 Å². The van der Waals surface area contributed by atoms with Crippen molar-refractivity contribution in [2.75, 3.05) is 7.11 Å². The molecule has 0 fully saturated rings. The van der Waals surface area contributed by atoms with Crippen LogP contribution < -0.4 is 0 Å². The van der Waals surface area contributed by atoms with E-state index >= 15 is 0 Å². The van der Waals surface area contributed by atoms with Crippen molar-refractivity contribution in [1.82, 2.24) is 4.98 Å². The van der Waals surface area contributed by atoms with Gasteiger partial charge in [0.05, 0.1) is 30.7 Å². The Hall–Kier alpha value is -2.63. The fourth-order valence-corrected chi connectivity index (χ4v) is 1.33. The summed E-state index contributed by atoms with van der Waals surface area (Å²) in [6.07, 6.45) is -3.65. The van der Waals surface area contributed by atoms with E-state index in [0.29, 0.717) is 0 Å². The zero-order valence-electron chi connectivity index (χ0n) is 9.59. The second kappa shape index (κ2) is 5.81. The first kappa shape index (κ1) is 14.4. The van der Waals surface area contributed by atoms with Gasteiger partial charge in [0, 0.05) is 6.07 Å². The number of carbonyl (C=O) groups excluding carboxylic acids is 1. The summed E-state index contributed by atoms with van der Waals surface area (Å²) in [5.74, 6) is -1.79. The molecule has 0 saturated carbocycles.